The van der Waals surface area contributed by atoms with Crippen molar-refractivity contribution < 1.29 is 14.6 Å². The van der Waals surface area contributed by atoms with E-state index in [0.29, 0.717) is 13.2 Å². The standard InChI is InChI=1S/C20H32N2O3S/c1-11(19(24)21-8-9-25-5)14-6-7-20(4)10-15-17(22-13(3)26-15)12(2)16(20)18(14)23/h11-12,14,16,18,23H,6-10H2,1-5H3,(H,21,24). The molecule has 0 radical (unpaired) electrons. The SMILES string of the molecule is COCCNC(=O)C(C)C1CCC2(C)Cc3sc(C)nc3C(C)C2C1O. The molecule has 2 N–H and O–H groups in total. The third-order valence-corrected chi connectivity index (χ3v) is 7.68. The molecule has 6 atom stereocenters. The molecule has 5 nitrogen and oxygen atoms in total. The van der Waals surface area contributed by atoms with Crippen molar-refractivity contribution in [1.82, 2.24) is 10.3 Å². The van der Waals surface area contributed by atoms with Gasteiger partial charge in [-0.1, -0.05) is 20.8 Å². The highest BCUT2D eigenvalue weighted by atomic mass is 32.1. The molecular formula is C20H32N2O3S. The first kappa shape index (κ1) is 19.8. The number of aryl methyl sites for hydroxylation is 1. The van der Waals surface area contributed by atoms with Gasteiger partial charge in [0.05, 0.1) is 23.4 Å². The number of carbonyl (C=O) groups is 1. The van der Waals surface area contributed by atoms with Gasteiger partial charge in [0.2, 0.25) is 5.91 Å². The number of aliphatic hydroxyl groups is 1. The molecule has 26 heavy (non-hydrogen) atoms. The highest BCUT2D eigenvalue weighted by Gasteiger charge is 2.53. The van der Waals surface area contributed by atoms with E-state index >= 15 is 0 Å². The number of nitrogens with zero attached hydrogens (tertiary/aromatic N) is 1. The summed E-state index contributed by atoms with van der Waals surface area (Å²) in [5, 5.41) is 15.3. The Hall–Kier alpha value is -0.980. The Labute approximate surface area is 160 Å². The van der Waals surface area contributed by atoms with Gasteiger partial charge in [0.15, 0.2) is 0 Å². The molecule has 0 spiro atoms. The molecule has 6 unspecified atom stereocenters. The largest absolute Gasteiger partial charge is 0.392 e. The zero-order valence-corrected chi connectivity index (χ0v) is 17.4. The second kappa shape index (κ2) is 7.56. The monoisotopic (exact) mass is 380 g/mol. The number of aromatic nitrogens is 1. The summed E-state index contributed by atoms with van der Waals surface area (Å²) in [5.74, 6) is 0.208. The average molecular weight is 381 g/mol. The van der Waals surface area contributed by atoms with Crippen molar-refractivity contribution in [2.24, 2.45) is 23.2 Å². The van der Waals surface area contributed by atoms with Gasteiger partial charge in [0.1, 0.15) is 0 Å². The fourth-order valence-corrected chi connectivity index (χ4v) is 6.54. The first-order chi connectivity index (χ1) is 12.3. The summed E-state index contributed by atoms with van der Waals surface area (Å²) in [6.45, 7) is 9.55. The maximum absolute atomic E-state index is 12.5. The maximum Gasteiger partial charge on any atom is 0.223 e. The van der Waals surface area contributed by atoms with Crippen LogP contribution in [0.4, 0.5) is 0 Å². The molecule has 146 valence electrons. The third-order valence-electron chi connectivity index (χ3n) is 6.69. The van der Waals surface area contributed by atoms with Crippen LogP contribution in [0.2, 0.25) is 0 Å². The van der Waals surface area contributed by atoms with Crippen LogP contribution < -0.4 is 5.32 Å². The third kappa shape index (κ3) is 3.43. The summed E-state index contributed by atoms with van der Waals surface area (Å²) in [5.41, 5.74) is 1.26. The number of aliphatic hydroxyl groups excluding tert-OH is 1. The molecule has 0 aromatic carbocycles. The van der Waals surface area contributed by atoms with Crippen LogP contribution in [0.25, 0.3) is 0 Å². The Morgan fingerprint density at radius 3 is 2.96 bits per heavy atom. The number of rotatable bonds is 5. The van der Waals surface area contributed by atoms with Gasteiger partial charge in [0.25, 0.3) is 0 Å². The molecule has 3 rings (SSSR count). The highest BCUT2D eigenvalue weighted by molar-refractivity contribution is 7.11. The lowest BCUT2D eigenvalue weighted by Crippen LogP contribution is -2.53. The maximum atomic E-state index is 12.5. The molecular weight excluding hydrogens is 348 g/mol. The normalized spacial score (nSPS) is 34.7. The lowest BCUT2D eigenvalue weighted by molar-refractivity contribution is -0.135. The fraction of sp³-hybridized carbons (Fsp3) is 0.800. The zero-order valence-electron chi connectivity index (χ0n) is 16.5. The molecule has 1 saturated carbocycles. The van der Waals surface area contributed by atoms with Crippen LogP contribution in [0.5, 0.6) is 0 Å². The molecule has 2 aliphatic rings. The lowest BCUT2D eigenvalue weighted by atomic mass is 9.53. The number of fused-ring (bicyclic) bond motifs is 2. The van der Waals surface area contributed by atoms with Gasteiger partial charge in [-0.3, -0.25) is 4.79 Å². The molecule has 0 aliphatic heterocycles. The Bertz CT molecular complexity index is 661. The van der Waals surface area contributed by atoms with E-state index in [9.17, 15) is 9.90 Å². The Balaban J connectivity index is 1.78. The van der Waals surface area contributed by atoms with Crippen molar-refractivity contribution in [2.45, 2.75) is 59.0 Å². The van der Waals surface area contributed by atoms with Crippen LogP contribution in [-0.4, -0.2) is 42.4 Å². The number of nitrogens with one attached hydrogen (secondary N) is 1. The first-order valence-corrected chi connectivity index (χ1v) is 10.5. The molecule has 0 bridgehead atoms. The van der Waals surface area contributed by atoms with E-state index in [0.717, 1.165) is 24.3 Å². The van der Waals surface area contributed by atoms with E-state index in [-0.39, 0.29) is 35.0 Å². The Kier molecular flexibility index (Phi) is 5.75. The Morgan fingerprint density at radius 2 is 2.27 bits per heavy atom. The number of amides is 1. The molecule has 2 aliphatic carbocycles. The van der Waals surface area contributed by atoms with E-state index in [1.165, 1.54) is 10.6 Å². The van der Waals surface area contributed by atoms with E-state index in [1.807, 2.05) is 6.92 Å². The van der Waals surface area contributed by atoms with Crippen LogP contribution in [0, 0.1) is 30.1 Å². The van der Waals surface area contributed by atoms with E-state index in [1.54, 1.807) is 18.4 Å². The van der Waals surface area contributed by atoms with E-state index < -0.39 is 6.10 Å². The van der Waals surface area contributed by atoms with Crippen LogP contribution in [0.15, 0.2) is 0 Å². The summed E-state index contributed by atoms with van der Waals surface area (Å²) in [7, 11) is 1.63. The molecule has 1 amide bonds. The summed E-state index contributed by atoms with van der Waals surface area (Å²) in [6, 6.07) is 0. The van der Waals surface area contributed by atoms with Gasteiger partial charge in [-0.15, -0.1) is 11.3 Å². The van der Waals surface area contributed by atoms with Crippen molar-refractivity contribution >= 4 is 17.2 Å². The molecule has 6 heteroatoms. The number of thiazole rings is 1. The smallest absolute Gasteiger partial charge is 0.223 e. The van der Waals surface area contributed by atoms with Gasteiger partial charge in [-0.2, -0.15) is 0 Å². The van der Waals surface area contributed by atoms with Gasteiger partial charge < -0.3 is 15.2 Å². The minimum atomic E-state index is -0.470. The molecule has 0 saturated heterocycles. The zero-order chi connectivity index (χ0) is 19.1. The molecule has 1 heterocycles. The molecule has 1 aromatic rings. The second-order valence-corrected chi connectivity index (χ2v) is 9.74. The van der Waals surface area contributed by atoms with E-state index in [2.05, 4.69) is 26.1 Å². The van der Waals surface area contributed by atoms with E-state index in [4.69, 9.17) is 9.72 Å². The minimum Gasteiger partial charge on any atom is -0.392 e. The molecule has 1 fully saturated rings. The lowest BCUT2D eigenvalue weighted by Gasteiger charge is -2.53. The van der Waals surface area contributed by atoms with Crippen LogP contribution in [-0.2, 0) is 16.0 Å². The number of carbonyl (C=O) groups excluding carboxylic acids is 1. The highest BCUT2D eigenvalue weighted by Crippen LogP contribution is 2.56. The first-order valence-electron chi connectivity index (χ1n) is 9.69. The number of methoxy groups -OCH3 is 1. The fourth-order valence-electron chi connectivity index (χ4n) is 5.30. The number of hydrogen-bond acceptors (Lipinski definition) is 5. The summed E-state index contributed by atoms with van der Waals surface area (Å²) in [6.07, 6.45) is 2.48. The van der Waals surface area contributed by atoms with Crippen LogP contribution in [0.1, 0.15) is 55.1 Å². The quantitative estimate of drug-likeness (QED) is 0.771. The van der Waals surface area contributed by atoms with Crippen LogP contribution in [0.3, 0.4) is 0 Å². The second-order valence-electron chi connectivity index (χ2n) is 8.45. The average Bonchev–Trinajstić information content (AvgIpc) is 2.94. The predicted molar refractivity (Wildman–Crippen MR) is 103 cm³/mol. The topological polar surface area (TPSA) is 71.5 Å². The minimum absolute atomic E-state index is 0.000599. The number of hydrogen-bond donors (Lipinski definition) is 2. The summed E-state index contributed by atoms with van der Waals surface area (Å²) < 4.78 is 5.00. The van der Waals surface area contributed by atoms with Crippen molar-refractivity contribution in [3.8, 4) is 0 Å². The Morgan fingerprint density at radius 1 is 1.54 bits per heavy atom. The van der Waals surface area contributed by atoms with Crippen molar-refractivity contribution in [2.75, 3.05) is 20.3 Å². The van der Waals surface area contributed by atoms with Crippen molar-refractivity contribution in [3.05, 3.63) is 15.6 Å². The van der Waals surface area contributed by atoms with Crippen LogP contribution >= 0.6 is 11.3 Å². The van der Waals surface area contributed by atoms with Gasteiger partial charge in [-0.05, 0) is 43.4 Å². The van der Waals surface area contributed by atoms with Gasteiger partial charge >= 0.3 is 0 Å². The van der Waals surface area contributed by atoms with Gasteiger partial charge in [0, 0.05) is 30.4 Å². The molecule has 1 aromatic heterocycles. The summed E-state index contributed by atoms with van der Waals surface area (Å²) in [4.78, 5) is 18.6. The van der Waals surface area contributed by atoms with Crippen molar-refractivity contribution in [1.29, 1.82) is 0 Å². The number of ether oxygens (including phenoxy) is 1. The summed E-state index contributed by atoms with van der Waals surface area (Å²) >= 11 is 1.80. The predicted octanol–water partition coefficient (Wildman–Crippen LogP) is 2.90. The van der Waals surface area contributed by atoms with Crippen molar-refractivity contribution in [3.63, 3.8) is 0 Å². The van der Waals surface area contributed by atoms with Gasteiger partial charge in [-0.25, -0.2) is 4.98 Å².